The Labute approximate surface area is 118 Å². The fourth-order valence-corrected chi connectivity index (χ4v) is 2.46. The molecule has 108 valence electrons. The minimum absolute atomic E-state index is 0.243. The molecule has 0 fully saturated rings. The van der Waals surface area contributed by atoms with Crippen LogP contribution in [0, 0.1) is 5.41 Å². The Bertz CT molecular complexity index is 361. The minimum atomic E-state index is 0.243. The van der Waals surface area contributed by atoms with Gasteiger partial charge in [-0.3, -0.25) is 0 Å². The summed E-state index contributed by atoms with van der Waals surface area (Å²) in [5.41, 5.74) is 7.46. The van der Waals surface area contributed by atoms with E-state index in [0.717, 1.165) is 38.2 Å². The van der Waals surface area contributed by atoms with Crippen LogP contribution in [0.1, 0.15) is 58.4 Å². The number of nitrogens with two attached hydrogens (primary N) is 1. The van der Waals surface area contributed by atoms with Gasteiger partial charge in [0.25, 0.3) is 0 Å². The van der Waals surface area contributed by atoms with Gasteiger partial charge in [-0.25, -0.2) is 0 Å². The van der Waals surface area contributed by atoms with Gasteiger partial charge in [-0.05, 0) is 48.8 Å². The van der Waals surface area contributed by atoms with E-state index in [-0.39, 0.29) is 5.41 Å². The van der Waals surface area contributed by atoms with Crippen molar-refractivity contribution in [2.24, 2.45) is 11.1 Å². The predicted molar refractivity (Wildman–Crippen MR) is 82.7 cm³/mol. The number of hydrogen-bond donors (Lipinski definition) is 1. The Kier molecular flexibility index (Phi) is 6.36. The van der Waals surface area contributed by atoms with Crippen LogP contribution in [0.15, 0.2) is 24.3 Å². The molecule has 2 N–H and O–H groups in total. The van der Waals surface area contributed by atoms with Gasteiger partial charge in [0.1, 0.15) is 5.75 Å². The van der Waals surface area contributed by atoms with Crippen molar-refractivity contribution in [3.63, 3.8) is 0 Å². The van der Waals surface area contributed by atoms with Crippen molar-refractivity contribution in [2.75, 3.05) is 13.2 Å². The van der Waals surface area contributed by atoms with Crippen LogP contribution in [-0.2, 0) is 0 Å². The summed E-state index contributed by atoms with van der Waals surface area (Å²) in [5, 5.41) is 0. The summed E-state index contributed by atoms with van der Waals surface area (Å²) in [6.07, 6.45) is 3.27. The van der Waals surface area contributed by atoms with Crippen molar-refractivity contribution < 1.29 is 4.74 Å². The molecule has 0 bridgehead atoms. The fraction of sp³-hybridized carbons (Fsp3) is 0.647. The first kappa shape index (κ1) is 16.0. The van der Waals surface area contributed by atoms with Gasteiger partial charge in [-0.2, -0.15) is 0 Å². The fourth-order valence-electron chi connectivity index (χ4n) is 2.46. The van der Waals surface area contributed by atoms with E-state index >= 15 is 0 Å². The number of benzene rings is 1. The Morgan fingerprint density at radius 1 is 1.16 bits per heavy atom. The number of para-hydroxylation sites is 1. The highest BCUT2D eigenvalue weighted by atomic mass is 16.5. The van der Waals surface area contributed by atoms with E-state index in [0.29, 0.717) is 5.92 Å². The molecule has 0 heterocycles. The maximum Gasteiger partial charge on any atom is 0.122 e. The third-order valence-electron chi connectivity index (χ3n) is 4.36. The zero-order valence-corrected chi connectivity index (χ0v) is 12.9. The number of hydrogen-bond acceptors (Lipinski definition) is 2. The van der Waals surface area contributed by atoms with Crippen molar-refractivity contribution in [1.82, 2.24) is 0 Å². The van der Waals surface area contributed by atoms with Gasteiger partial charge in [-0.1, -0.05) is 45.9 Å². The van der Waals surface area contributed by atoms with Gasteiger partial charge < -0.3 is 10.5 Å². The summed E-state index contributed by atoms with van der Waals surface area (Å²) >= 11 is 0. The molecular formula is C17H29NO. The average molecular weight is 263 g/mol. The Morgan fingerprint density at radius 2 is 1.79 bits per heavy atom. The topological polar surface area (TPSA) is 35.2 Å². The van der Waals surface area contributed by atoms with Crippen molar-refractivity contribution in [2.45, 2.75) is 52.9 Å². The van der Waals surface area contributed by atoms with Crippen molar-refractivity contribution in [3.05, 3.63) is 29.8 Å². The van der Waals surface area contributed by atoms with Crippen LogP contribution in [0.25, 0.3) is 0 Å². The summed E-state index contributed by atoms with van der Waals surface area (Å²) < 4.78 is 6.00. The molecule has 1 rings (SSSR count). The summed E-state index contributed by atoms with van der Waals surface area (Å²) in [4.78, 5) is 0. The summed E-state index contributed by atoms with van der Waals surface area (Å²) in [6, 6.07) is 8.33. The largest absolute Gasteiger partial charge is 0.493 e. The van der Waals surface area contributed by atoms with E-state index in [1.165, 1.54) is 5.56 Å². The zero-order chi connectivity index (χ0) is 14.3. The monoisotopic (exact) mass is 263 g/mol. The van der Waals surface area contributed by atoms with Crippen molar-refractivity contribution in [1.29, 1.82) is 0 Å². The molecule has 0 unspecified atom stereocenters. The van der Waals surface area contributed by atoms with Crippen LogP contribution < -0.4 is 10.5 Å². The lowest BCUT2D eigenvalue weighted by atomic mass is 9.80. The lowest BCUT2D eigenvalue weighted by Crippen LogP contribution is -2.31. The molecule has 0 radical (unpaired) electrons. The van der Waals surface area contributed by atoms with Crippen molar-refractivity contribution in [3.8, 4) is 5.75 Å². The molecule has 0 amide bonds. The minimum Gasteiger partial charge on any atom is -0.493 e. The SMILES string of the molecule is CCC(CC)(CN)CCOc1ccccc1C(C)C. The van der Waals surface area contributed by atoms with Crippen LogP contribution >= 0.6 is 0 Å². The molecule has 19 heavy (non-hydrogen) atoms. The zero-order valence-electron chi connectivity index (χ0n) is 12.9. The molecule has 0 spiro atoms. The molecule has 0 aliphatic heterocycles. The average Bonchev–Trinajstić information content (AvgIpc) is 2.44. The smallest absolute Gasteiger partial charge is 0.122 e. The van der Waals surface area contributed by atoms with E-state index in [1.54, 1.807) is 0 Å². The van der Waals surface area contributed by atoms with Gasteiger partial charge in [0.15, 0.2) is 0 Å². The van der Waals surface area contributed by atoms with Gasteiger partial charge in [-0.15, -0.1) is 0 Å². The second-order valence-electron chi connectivity index (χ2n) is 5.70. The molecule has 0 atom stereocenters. The highest BCUT2D eigenvalue weighted by Gasteiger charge is 2.24. The summed E-state index contributed by atoms with van der Waals surface area (Å²) in [6.45, 7) is 10.3. The number of rotatable bonds is 8. The molecule has 0 aromatic heterocycles. The first-order chi connectivity index (χ1) is 9.08. The van der Waals surface area contributed by atoms with Crippen LogP contribution in [0.3, 0.4) is 0 Å². The lowest BCUT2D eigenvalue weighted by molar-refractivity contribution is 0.186. The molecular weight excluding hydrogens is 234 g/mol. The first-order valence-corrected chi connectivity index (χ1v) is 7.50. The third-order valence-corrected chi connectivity index (χ3v) is 4.36. The Balaban J connectivity index is 2.62. The van der Waals surface area contributed by atoms with E-state index in [4.69, 9.17) is 10.5 Å². The van der Waals surface area contributed by atoms with Gasteiger partial charge in [0, 0.05) is 0 Å². The maximum atomic E-state index is 6.00. The first-order valence-electron chi connectivity index (χ1n) is 7.50. The van der Waals surface area contributed by atoms with Crippen LogP contribution in [0.4, 0.5) is 0 Å². The number of ether oxygens (including phenoxy) is 1. The molecule has 0 aliphatic rings. The molecule has 1 aromatic carbocycles. The quantitative estimate of drug-likeness (QED) is 0.757. The normalized spacial score (nSPS) is 11.9. The van der Waals surface area contributed by atoms with Gasteiger partial charge in [0.2, 0.25) is 0 Å². The van der Waals surface area contributed by atoms with Crippen LogP contribution in [-0.4, -0.2) is 13.2 Å². The summed E-state index contributed by atoms with van der Waals surface area (Å²) in [5.74, 6) is 1.52. The van der Waals surface area contributed by atoms with Gasteiger partial charge in [0.05, 0.1) is 6.61 Å². The molecule has 0 saturated carbocycles. The molecule has 0 aliphatic carbocycles. The van der Waals surface area contributed by atoms with Gasteiger partial charge >= 0.3 is 0 Å². The second-order valence-corrected chi connectivity index (χ2v) is 5.70. The summed E-state index contributed by atoms with van der Waals surface area (Å²) in [7, 11) is 0. The third kappa shape index (κ3) is 4.24. The van der Waals surface area contributed by atoms with Crippen LogP contribution in [0.5, 0.6) is 5.75 Å². The van der Waals surface area contributed by atoms with E-state index in [2.05, 4.69) is 45.9 Å². The van der Waals surface area contributed by atoms with E-state index in [9.17, 15) is 0 Å². The molecule has 2 heteroatoms. The second kappa shape index (κ2) is 7.54. The lowest BCUT2D eigenvalue weighted by Gasteiger charge is -2.30. The van der Waals surface area contributed by atoms with Crippen LogP contribution in [0.2, 0.25) is 0 Å². The standard InChI is InChI=1S/C17H29NO/c1-5-17(6-2,13-18)11-12-19-16-10-8-7-9-15(16)14(3)4/h7-10,14H,5-6,11-13,18H2,1-4H3. The highest BCUT2D eigenvalue weighted by molar-refractivity contribution is 5.35. The van der Waals surface area contributed by atoms with E-state index in [1.807, 2.05) is 6.07 Å². The highest BCUT2D eigenvalue weighted by Crippen LogP contribution is 2.31. The van der Waals surface area contributed by atoms with E-state index < -0.39 is 0 Å². The van der Waals surface area contributed by atoms with Crippen molar-refractivity contribution >= 4 is 0 Å². The maximum absolute atomic E-state index is 6.00. The molecule has 2 nitrogen and oxygen atoms in total. The Hall–Kier alpha value is -1.02. The Morgan fingerprint density at radius 3 is 2.32 bits per heavy atom. The molecule has 1 aromatic rings. The molecule has 0 saturated heterocycles. The predicted octanol–water partition coefficient (Wildman–Crippen LogP) is 4.34.